The van der Waals surface area contributed by atoms with Gasteiger partial charge in [0.25, 0.3) is 0 Å². The third kappa shape index (κ3) is 1.71. The van der Waals surface area contributed by atoms with Crippen LogP contribution in [0, 0.1) is 58.7 Å². The van der Waals surface area contributed by atoms with Gasteiger partial charge in [-0.3, -0.25) is 24.0 Å². The van der Waals surface area contributed by atoms with Crippen LogP contribution in [0.1, 0.15) is 39.0 Å². The Morgan fingerprint density at radius 1 is 0.857 bits per heavy atom. The first kappa shape index (κ1) is 16.9. The molecule has 6 aliphatic rings. The van der Waals surface area contributed by atoms with Gasteiger partial charge in [-0.15, -0.1) is 0 Å². The van der Waals surface area contributed by atoms with Crippen LogP contribution in [0.5, 0.6) is 0 Å². The third-order valence-corrected chi connectivity index (χ3v) is 9.18. The van der Waals surface area contributed by atoms with Crippen molar-refractivity contribution in [2.75, 3.05) is 0 Å². The average Bonchev–Trinajstić information content (AvgIpc) is 3.46. The van der Waals surface area contributed by atoms with Gasteiger partial charge in [0, 0.05) is 11.3 Å². The van der Waals surface area contributed by atoms with Crippen LogP contribution in [0.2, 0.25) is 0 Å². The first-order valence-electron chi connectivity index (χ1n) is 10.4. The molecular weight excluding hydrogens is 364 g/mol. The van der Waals surface area contributed by atoms with E-state index in [2.05, 4.69) is 0 Å². The maximum atomic E-state index is 13.9. The third-order valence-electron chi connectivity index (χ3n) is 9.18. The van der Waals surface area contributed by atoms with Gasteiger partial charge >= 0.3 is 23.9 Å². The van der Waals surface area contributed by atoms with Crippen LogP contribution in [0.15, 0.2) is 0 Å². The zero-order valence-electron chi connectivity index (χ0n) is 15.6. The summed E-state index contributed by atoms with van der Waals surface area (Å²) in [5, 5.41) is 0. The van der Waals surface area contributed by atoms with Crippen molar-refractivity contribution in [1.82, 2.24) is 0 Å². The van der Waals surface area contributed by atoms with Gasteiger partial charge in [0.1, 0.15) is 5.78 Å². The molecule has 6 rings (SSSR count). The molecule has 2 saturated heterocycles. The number of fused-ring (bicyclic) bond motifs is 10. The predicted octanol–water partition coefficient (Wildman–Crippen LogP) is 1.28. The Morgan fingerprint density at radius 2 is 1.46 bits per heavy atom. The fraction of sp³-hybridized carbons (Fsp3) is 0.762. The lowest BCUT2D eigenvalue weighted by molar-refractivity contribution is -0.156. The Hall–Kier alpha value is -2.05. The van der Waals surface area contributed by atoms with Crippen molar-refractivity contribution in [3.63, 3.8) is 0 Å². The van der Waals surface area contributed by atoms with E-state index in [1.54, 1.807) is 0 Å². The maximum Gasteiger partial charge on any atom is 0.317 e. The van der Waals surface area contributed by atoms with Crippen LogP contribution >= 0.6 is 0 Å². The normalized spacial score (nSPS) is 52.8. The number of Topliss-reactive ketones (excluding diaryl/α,β-unsaturated/α-hetero) is 1. The highest BCUT2D eigenvalue weighted by molar-refractivity contribution is 6.01. The Bertz CT molecular complexity index is 861. The van der Waals surface area contributed by atoms with Crippen LogP contribution < -0.4 is 0 Å². The minimum atomic E-state index is -0.618. The van der Waals surface area contributed by atoms with Gasteiger partial charge in [-0.2, -0.15) is 0 Å². The summed E-state index contributed by atoms with van der Waals surface area (Å²) in [5.41, 5.74) is -0.618. The van der Waals surface area contributed by atoms with Crippen molar-refractivity contribution in [1.29, 1.82) is 0 Å². The van der Waals surface area contributed by atoms with Gasteiger partial charge in [-0.05, 0) is 55.8 Å². The molecule has 0 aromatic rings. The highest BCUT2D eigenvalue weighted by Crippen LogP contribution is 2.67. The SMILES string of the molecule is CCC1(C(=O)C2CC3CC2[C@H]2C(=O)OC(=O)C32)CC2CC1[C@@H]1C(=O)OC(=O)C21. The van der Waals surface area contributed by atoms with Crippen molar-refractivity contribution in [2.24, 2.45) is 58.7 Å². The average molecular weight is 386 g/mol. The summed E-state index contributed by atoms with van der Waals surface area (Å²) in [7, 11) is 0. The second-order valence-corrected chi connectivity index (χ2v) is 9.77. The first-order valence-corrected chi connectivity index (χ1v) is 10.4. The van der Waals surface area contributed by atoms with Gasteiger partial charge in [0.05, 0.1) is 23.7 Å². The number of hydrogen-bond acceptors (Lipinski definition) is 7. The largest absolute Gasteiger partial charge is 0.393 e. The van der Waals surface area contributed by atoms with E-state index in [9.17, 15) is 24.0 Å². The molecule has 8 unspecified atom stereocenters. The highest BCUT2D eigenvalue weighted by atomic mass is 16.6. The Kier molecular flexibility index (Phi) is 3.07. The minimum absolute atomic E-state index is 0.0298. The van der Waals surface area contributed by atoms with Crippen molar-refractivity contribution in [2.45, 2.75) is 39.0 Å². The molecule has 6 fully saturated rings. The van der Waals surface area contributed by atoms with E-state index < -0.39 is 41.1 Å². The summed E-state index contributed by atoms with van der Waals surface area (Å²) in [4.78, 5) is 62.4. The lowest BCUT2D eigenvalue weighted by Crippen LogP contribution is -2.48. The number of rotatable bonds is 3. The lowest BCUT2D eigenvalue weighted by atomic mass is 9.58. The molecular formula is C21H22O7. The topological polar surface area (TPSA) is 104 Å². The summed E-state index contributed by atoms with van der Waals surface area (Å²) >= 11 is 0. The smallest absolute Gasteiger partial charge is 0.317 e. The van der Waals surface area contributed by atoms with Crippen molar-refractivity contribution in [3.8, 4) is 0 Å². The van der Waals surface area contributed by atoms with E-state index in [0.29, 0.717) is 19.3 Å². The monoisotopic (exact) mass is 386 g/mol. The van der Waals surface area contributed by atoms with Gasteiger partial charge in [0.2, 0.25) is 0 Å². The van der Waals surface area contributed by atoms with E-state index in [1.165, 1.54) is 0 Å². The number of esters is 4. The summed E-state index contributed by atoms with van der Waals surface area (Å²) in [6, 6.07) is 0. The first-order chi connectivity index (χ1) is 13.4. The minimum Gasteiger partial charge on any atom is -0.393 e. The van der Waals surface area contributed by atoms with Gasteiger partial charge in [-0.25, -0.2) is 0 Å². The highest BCUT2D eigenvalue weighted by Gasteiger charge is 2.72. The molecule has 2 heterocycles. The standard InChI is InChI=1S/C21H22O7/c1-2-21(6-8-5-11(21)15-13(8)18(24)28-20(15)26)16(22)10-4-7-3-9(10)14-12(7)17(23)27-19(14)25/h7-15H,2-6H2,1H3/t7?,8?,9?,10?,11?,12?,13?,14-,15+,21?/m1/s1. The zero-order valence-corrected chi connectivity index (χ0v) is 15.6. The van der Waals surface area contributed by atoms with Gasteiger partial charge in [0.15, 0.2) is 0 Å². The number of carbonyl (C=O) groups excluding carboxylic acids is 5. The molecule has 4 bridgehead atoms. The second-order valence-electron chi connectivity index (χ2n) is 9.77. The molecule has 7 nitrogen and oxygen atoms in total. The Labute approximate surface area is 161 Å². The maximum absolute atomic E-state index is 13.9. The summed E-state index contributed by atoms with van der Waals surface area (Å²) in [6.45, 7) is 1.99. The number of ketones is 1. The fourth-order valence-corrected chi connectivity index (χ4v) is 8.24. The van der Waals surface area contributed by atoms with E-state index in [4.69, 9.17) is 9.47 Å². The van der Waals surface area contributed by atoms with Gasteiger partial charge < -0.3 is 9.47 Å². The van der Waals surface area contributed by atoms with Crippen LogP contribution in [0.25, 0.3) is 0 Å². The molecule has 0 spiro atoms. The molecule has 10 atom stereocenters. The number of carbonyl (C=O) groups is 5. The Morgan fingerprint density at radius 3 is 2.14 bits per heavy atom. The molecule has 7 heteroatoms. The summed E-state index contributed by atoms with van der Waals surface area (Å²) < 4.78 is 9.75. The van der Waals surface area contributed by atoms with Crippen molar-refractivity contribution >= 4 is 29.7 Å². The number of ether oxygens (including phenoxy) is 2. The summed E-state index contributed by atoms with van der Waals surface area (Å²) in [5.74, 6) is -3.80. The molecule has 0 radical (unpaired) electrons. The lowest BCUT2D eigenvalue weighted by Gasteiger charge is -2.42. The van der Waals surface area contributed by atoms with Crippen molar-refractivity contribution < 1.29 is 33.4 Å². The second kappa shape index (κ2) is 5.10. The molecule has 148 valence electrons. The number of cyclic esters (lactones) is 4. The Balaban J connectivity index is 1.32. The quantitative estimate of drug-likeness (QED) is 0.531. The molecule has 0 aromatic carbocycles. The van der Waals surface area contributed by atoms with E-state index in [1.807, 2.05) is 6.92 Å². The molecule has 4 saturated carbocycles. The zero-order chi connectivity index (χ0) is 19.5. The van der Waals surface area contributed by atoms with Crippen LogP contribution in [-0.2, 0) is 33.4 Å². The van der Waals surface area contributed by atoms with Crippen LogP contribution in [0.4, 0.5) is 0 Å². The van der Waals surface area contributed by atoms with Gasteiger partial charge in [-0.1, -0.05) is 6.92 Å². The van der Waals surface area contributed by atoms with E-state index >= 15 is 0 Å². The van der Waals surface area contributed by atoms with Crippen LogP contribution in [0.3, 0.4) is 0 Å². The predicted molar refractivity (Wildman–Crippen MR) is 89.8 cm³/mol. The van der Waals surface area contributed by atoms with E-state index in [-0.39, 0.29) is 47.2 Å². The van der Waals surface area contributed by atoms with Crippen molar-refractivity contribution in [3.05, 3.63) is 0 Å². The molecule has 0 N–H and O–H groups in total. The molecule has 4 aliphatic carbocycles. The van der Waals surface area contributed by atoms with E-state index in [0.717, 1.165) is 12.8 Å². The molecule has 0 aromatic heterocycles. The molecule has 2 aliphatic heterocycles. The van der Waals surface area contributed by atoms with Crippen LogP contribution in [-0.4, -0.2) is 29.7 Å². The number of hydrogen-bond donors (Lipinski definition) is 0. The molecule has 28 heavy (non-hydrogen) atoms. The fourth-order valence-electron chi connectivity index (χ4n) is 8.24. The molecule has 0 amide bonds. The summed E-state index contributed by atoms with van der Waals surface area (Å²) in [6.07, 6.45) is 3.34.